The molecule has 0 radical (unpaired) electrons. The van der Waals surface area contributed by atoms with Crippen LogP contribution >= 0.6 is 11.6 Å². The summed E-state index contributed by atoms with van der Waals surface area (Å²) in [6.45, 7) is 5.26. The zero-order chi connectivity index (χ0) is 15.8. The SMILES string of the molecule is Cc1cc(C)c(S(=O)(=O)Nc2ncccc2Cl)c(C)c1N. The van der Waals surface area contributed by atoms with Crippen LogP contribution in [0, 0.1) is 20.8 Å². The lowest BCUT2D eigenvalue weighted by Gasteiger charge is -2.16. The fourth-order valence-corrected chi connectivity index (χ4v) is 3.97. The van der Waals surface area contributed by atoms with Gasteiger partial charge in [0.25, 0.3) is 10.0 Å². The Hall–Kier alpha value is -1.79. The summed E-state index contributed by atoms with van der Waals surface area (Å²) in [4.78, 5) is 4.09. The number of nitrogens with one attached hydrogen (secondary N) is 1. The molecule has 0 saturated heterocycles. The molecule has 0 bridgehead atoms. The number of hydrogen-bond acceptors (Lipinski definition) is 4. The molecule has 1 heterocycles. The molecule has 3 N–H and O–H groups in total. The molecule has 0 aliphatic rings. The van der Waals surface area contributed by atoms with Gasteiger partial charge in [-0.2, -0.15) is 0 Å². The second-order valence-corrected chi connectivity index (χ2v) is 6.84. The fourth-order valence-electron chi connectivity index (χ4n) is 2.23. The lowest BCUT2D eigenvalue weighted by molar-refractivity contribution is 0.600. The van der Waals surface area contributed by atoms with E-state index in [1.807, 2.05) is 6.92 Å². The maximum absolute atomic E-state index is 12.6. The topological polar surface area (TPSA) is 85.1 Å². The number of nitrogens with two attached hydrogens (primary N) is 1. The average molecular weight is 326 g/mol. The molecule has 1 aromatic carbocycles. The van der Waals surface area contributed by atoms with E-state index in [0.717, 1.165) is 5.56 Å². The van der Waals surface area contributed by atoms with Crippen LogP contribution in [0.5, 0.6) is 0 Å². The van der Waals surface area contributed by atoms with E-state index in [1.165, 1.54) is 6.20 Å². The van der Waals surface area contributed by atoms with Crippen molar-refractivity contribution in [3.63, 3.8) is 0 Å². The lowest BCUT2D eigenvalue weighted by Crippen LogP contribution is -2.18. The normalized spacial score (nSPS) is 11.4. The van der Waals surface area contributed by atoms with E-state index >= 15 is 0 Å². The van der Waals surface area contributed by atoms with Crippen LogP contribution in [-0.2, 0) is 10.0 Å². The molecular formula is C14H16ClN3O2S. The highest BCUT2D eigenvalue weighted by Gasteiger charge is 2.23. The standard InChI is InChI=1S/C14H16ClN3O2S/c1-8-7-9(2)13(10(3)12(8)16)21(19,20)18-14-11(15)5-4-6-17-14/h4-7H,16H2,1-3H3,(H,17,18). The fraction of sp³-hybridized carbons (Fsp3) is 0.214. The Labute approximate surface area is 129 Å². The zero-order valence-electron chi connectivity index (χ0n) is 11.9. The van der Waals surface area contributed by atoms with Crippen LogP contribution in [0.4, 0.5) is 11.5 Å². The van der Waals surface area contributed by atoms with Crippen LogP contribution in [0.1, 0.15) is 16.7 Å². The molecular weight excluding hydrogens is 310 g/mol. The second-order valence-electron chi connectivity index (χ2n) is 4.82. The molecule has 0 aliphatic carbocycles. The van der Waals surface area contributed by atoms with Gasteiger partial charge in [-0.1, -0.05) is 17.7 Å². The van der Waals surface area contributed by atoms with Crippen molar-refractivity contribution in [1.29, 1.82) is 0 Å². The molecule has 0 fully saturated rings. The van der Waals surface area contributed by atoms with E-state index in [4.69, 9.17) is 17.3 Å². The number of rotatable bonds is 3. The Morgan fingerprint density at radius 2 is 1.90 bits per heavy atom. The van der Waals surface area contributed by atoms with Crippen molar-refractivity contribution in [2.45, 2.75) is 25.7 Å². The third kappa shape index (κ3) is 2.96. The number of halogens is 1. The number of aryl methyl sites for hydroxylation is 2. The molecule has 0 atom stereocenters. The summed E-state index contributed by atoms with van der Waals surface area (Å²) in [5.74, 6) is 0.0945. The first kappa shape index (κ1) is 15.6. The monoisotopic (exact) mass is 325 g/mol. The van der Waals surface area contributed by atoms with E-state index < -0.39 is 10.0 Å². The molecule has 2 rings (SSSR count). The van der Waals surface area contributed by atoms with Crippen molar-refractivity contribution in [1.82, 2.24) is 4.98 Å². The molecule has 0 spiro atoms. The summed E-state index contributed by atoms with van der Waals surface area (Å²) >= 11 is 5.94. The Morgan fingerprint density at radius 1 is 1.24 bits per heavy atom. The van der Waals surface area contributed by atoms with E-state index in [2.05, 4.69) is 9.71 Å². The summed E-state index contributed by atoms with van der Waals surface area (Å²) in [6.07, 6.45) is 1.47. The molecule has 0 amide bonds. The summed E-state index contributed by atoms with van der Waals surface area (Å²) < 4.78 is 27.6. The number of aromatic nitrogens is 1. The quantitative estimate of drug-likeness (QED) is 0.849. The number of benzene rings is 1. The Morgan fingerprint density at radius 3 is 2.52 bits per heavy atom. The molecule has 7 heteroatoms. The number of hydrogen-bond donors (Lipinski definition) is 2. The van der Waals surface area contributed by atoms with Gasteiger partial charge >= 0.3 is 0 Å². The predicted octanol–water partition coefficient (Wildman–Crippen LogP) is 3.04. The van der Waals surface area contributed by atoms with E-state index in [1.54, 1.807) is 32.0 Å². The molecule has 2 aromatic rings. The predicted molar refractivity (Wildman–Crippen MR) is 85.1 cm³/mol. The van der Waals surface area contributed by atoms with Crippen LogP contribution in [0.3, 0.4) is 0 Å². The van der Waals surface area contributed by atoms with Crippen molar-refractivity contribution < 1.29 is 8.42 Å². The molecule has 0 saturated carbocycles. The van der Waals surface area contributed by atoms with Crippen LogP contribution in [0.2, 0.25) is 5.02 Å². The maximum atomic E-state index is 12.6. The highest BCUT2D eigenvalue weighted by atomic mass is 35.5. The van der Waals surface area contributed by atoms with Crippen molar-refractivity contribution in [2.75, 3.05) is 10.5 Å². The van der Waals surface area contributed by atoms with Gasteiger partial charge in [-0.05, 0) is 49.6 Å². The number of sulfonamides is 1. The molecule has 0 aliphatic heterocycles. The van der Waals surface area contributed by atoms with Crippen molar-refractivity contribution in [3.8, 4) is 0 Å². The number of pyridine rings is 1. The number of nitrogen functional groups attached to an aromatic ring is 1. The first-order chi connectivity index (χ1) is 9.74. The van der Waals surface area contributed by atoms with E-state index in [9.17, 15) is 8.42 Å². The van der Waals surface area contributed by atoms with Crippen LogP contribution in [0.15, 0.2) is 29.3 Å². The Balaban J connectivity index is 2.56. The number of nitrogens with zero attached hydrogens (tertiary/aromatic N) is 1. The third-order valence-corrected chi connectivity index (χ3v) is 5.15. The molecule has 5 nitrogen and oxygen atoms in total. The largest absolute Gasteiger partial charge is 0.398 e. The van der Waals surface area contributed by atoms with Crippen molar-refractivity contribution in [2.24, 2.45) is 0 Å². The van der Waals surface area contributed by atoms with Crippen LogP contribution in [-0.4, -0.2) is 13.4 Å². The first-order valence-electron chi connectivity index (χ1n) is 6.23. The molecule has 0 unspecified atom stereocenters. The smallest absolute Gasteiger partial charge is 0.263 e. The summed E-state index contributed by atoms with van der Waals surface area (Å²) in [7, 11) is -3.81. The highest BCUT2D eigenvalue weighted by molar-refractivity contribution is 7.92. The van der Waals surface area contributed by atoms with Crippen LogP contribution in [0.25, 0.3) is 0 Å². The van der Waals surface area contributed by atoms with Gasteiger partial charge in [0.05, 0.1) is 9.92 Å². The molecule has 112 valence electrons. The second kappa shape index (κ2) is 5.54. The van der Waals surface area contributed by atoms with Gasteiger partial charge in [0.15, 0.2) is 5.82 Å². The Bertz CT molecular complexity index is 804. The lowest BCUT2D eigenvalue weighted by atomic mass is 10.1. The summed E-state index contributed by atoms with van der Waals surface area (Å²) in [6, 6.07) is 4.94. The van der Waals surface area contributed by atoms with Gasteiger partial charge in [0.2, 0.25) is 0 Å². The van der Waals surface area contributed by atoms with E-state index in [-0.39, 0.29) is 15.7 Å². The summed E-state index contributed by atoms with van der Waals surface area (Å²) in [5, 5.41) is 0.233. The van der Waals surface area contributed by atoms with Gasteiger partial charge in [-0.15, -0.1) is 0 Å². The third-order valence-electron chi connectivity index (χ3n) is 3.22. The van der Waals surface area contributed by atoms with Gasteiger partial charge in [-0.3, -0.25) is 4.72 Å². The van der Waals surface area contributed by atoms with Gasteiger partial charge in [0.1, 0.15) is 0 Å². The zero-order valence-corrected chi connectivity index (χ0v) is 13.5. The van der Waals surface area contributed by atoms with Crippen molar-refractivity contribution >= 4 is 33.1 Å². The number of anilines is 2. The molecule has 1 aromatic heterocycles. The minimum Gasteiger partial charge on any atom is -0.398 e. The highest BCUT2D eigenvalue weighted by Crippen LogP contribution is 2.30. The first-order valence-corrected chi connectivity index (χ1v) is 8.09. The van der Waals surface area contributed by atoms with Gasteiger partial charge in [0, 0.05) is 11.9 Å². The minimum absolute atomic E-state index is 0.0945. The van der Waals surface area contributed by atoms with Crippen LogP contribution < -0.4 is 10.5 Å². The average Bonchev–Trinajstić information content (AvgIpc) is 2.38. The summed E-state index contributed by atoms with van der Waals surface area (Å²) in [5.41, 5.74) is 8.39. The van der Waals surface area contributed by atoms with E-state index in [0.29, 0.717) is 16.8 Å². The Kier molecular flexibility index (Phi) is 4.11. The van der Waals surface area contributed by atoms with Gasteiger partial charge in [-0.25, -0.2) is 13.4 Å². The maximum Gasteiger partial charge on any atom is 0.263 e. The van der Waals surface area contributed by atoms with Crippen molar-refractivity contribution in [3.05, 3.63) is 46.1 Å². The van der Waals surface area contributed by atoms with Gasteiger partial charge < -0.3 is 5.73 Å². The molecule has 21 heavy (non-hydrogen) atoms. The minimum atomic E-state index is -3.81.